The van der Waals surface area contributed by atoms with Gasteiger partial charge in [0.05, 0.1) is 6.61 Å². The molecule has 1 heterocycles. The van der Waals surface area contributed by atoms with Gasteiger partial charge in [0.15, 0.2) is 0 Å². The van der Waals surface area contributed by atoms with E-state index in [0.29, 0.717) is 0 Å². The highest BCUT2D eigenvalue weighted by Gasteiger charge is 2.17. The fourth-order valence-electron chi connectivity index (χ4n) is 2.05. The molecule has 1 aliphatic rings. The summed E-state index contributed by atoms with van der Waals surface area (Å²) in [4.78, 5) is 2.51. The summed E-state index contributed by atoms with van der Waals surface area (Å²) >= 11 is 0. The highest BCUT2D eigenvalue weighted by Crippen LogP contribution is 2.09. The molecule has 1 saturated heterocycles. The van der Waals surface area contributed by atoms with Crippen LogP contribution >= 0.6 is 0 Å². The maximum atomic E-state index is 5.37. The van der Waals surface area contributed by atoms with E-state index in [-0.39, 0.29) is 0 Å². The van der Waals surface area contributed by atoms with Crippen molar-refractivity contribution >= 4 is 0 Å². The van der Waals surface area contributed by atoms with Crippen LogP contribution in [0.1, 0.15) is 33.1 Å². The van der Waals surface area contributed by atoms with Crippen molar-refractivity contribution in [3.8, 4) is 0 Å². The number of nitrogens with one attached hydrogen (secondary N) is 1. The molecule has 0 amide bonds. The Morgan fingerprint density at radius 3 is 2.60 bits per heavy atom. The summed E-state index contributed by atoms with van der Waals surface area (Å²) in [6, 6.07) is 0.758. The van der Waals surface area contributed by atoms with E-state index in [1.165, 1.54) is 38.9 Å². The van der Waals surface area contributed by atoms with Crippen LogP contribution in [0.5, 0.6) is 0 Å². The molecule has 1 N–H and O–H groups in total. The Kier molecular flexibility index (Phi) is 6.98. The first-order valence-corrected chi connectivity index (χ1v) is 6.40. The van der Waals surface area contributed by atoms with Crippen LogP contribution < -0.4 is 5.32 Å². The quantitative estimate of drug-likeness (QED) is 0.650. The molecular formula is C12H26N2O. The molecule has 0 spiro atoms. The van der Waals surface area contributed by atoms with Gasteiger partial charge in [-0.05, 0) is 45.8 Å². The molecule has 0 bridgehead atoms. The van der Waals surface area contributed by atoms with Gasteiger partial charge in [-0.2, -0.15) is 0 Å². The van der Waals surface area contributed by atoms with Gasteiger partial charge in [0, 0.05) is 19.2 Å². The second-order valence-electron chi connectivity index (χ2n) is 4.27. The largest absolute Gasteiger partial charge is 0.380 e. The topological polar surface area (TPSA) is 24.5 Å². The minimum absolute atomic E-state index is 0.758. The second kappa shape index (κ2) is 8.08. The summed E-state index contributed by atoms with van der Waals surface area (Å²) < 4.78 is 5.37. The van der Waals surface area contributed by atoms with Crippen LogP contribution in [0.3, 0.4) is 0 Å². The van der Waals surface area contributed by atoms with Crippen LogP contribution in [0.15, 0.2) is 0 Å². The number of piperidine rings is 1. The van der Waals surface area contributed by atoms with E-state index < -0.39 is 0 Å². The van der Waals surface area contributed by atoms with Crippen molar-refractivity contribution < 1.29 is 4.74 Å². The van der Waals surface area contributed by atoms with Crippen molar-refractivity contribution in [3.05, 3.63) is 0 Å². The third-order valence-electron chi connectivity index (χ3n) is 3.03. The lowest BCUT2D eigenvalue weighted by Gasteiger charge is -2.32. The van der Waals surface area contributed by atoms with Crippen molar-refractivity contribution in [2.24, 2.45) is 0 Å². The Hall–Kier alpha value is -0.120. The van der Waals surface area contributed by atoms with Gasteiger partial charge in [-0.3, -0.25) is 0 Å². The van der Waals surface area contributed by atoms with E-state index in [9.17, 15) is 0 Å². The van der Waals surface area contributed by atoms with Crippen molar-refractivity contribution in [1.29, 1.82) is 0 Å². The van der Waals surface area contributed by atoms with Gasteiger partial charge in [0.25, 0.3) is 0 Å². The number of rotatable bonds is 7. The summed E-state index contributed by atoms with van der Waals surface area (Å²) in [7, 11) is 0. The monoisotopic (exact) mass is 214 g/mol. The van der Waals surface area contributed by atoms with Crippen LogP contribution in [-0.2, 0) is 4.74 Å². The van der Waals surface area contributed by atoms with Crippen molar-refractivity contribution in [1.82, 2.24) is 10.2 Å². The Morgan fingerprint density at radius 2 is 2.00 bits per heavy atom. The zero-order chi connectivity index (χ0) is 10.9. The number of nitrogens with zero attached hydrogens (tertiary/aromatic N) is 1. The second-order valence-corrected chi connectivity index (χ2v) is 4.27. The van der Waals surface area contributed by atoms with Gasteiger partial charge >= 0.3 is 0 Å². The average Bonchev–Trinajstić information content (AvgIpc) is 2.28. The number of likely N-dealkylation sites (tertiary alicyclic amines) is 1. The fraction of sp³-hybridized carbons (Fsp3) is 1.00. The number of hydrogen-bond donors (Lipinski definition) is 1. The van der Waals surface area contributed by atoms with Gasteiger partial charge in [-0.25, -0.2) is 0 Å². The van der Waals surface area contributed by atoms with E-state index >= 15 is 0 Å². The fourth-order valence-corrected chi connectivity index (χ4v) is 2.05. The Balaban J connectivity index is 2.02. The standard InChI is InChI=1S/C12H26N2O/c1-3-7-13-12-5-8-14(9-6-12)10-11-15-4-2/h12-13H,3-11H2,1-2H3. The normalized spacial score (nSPS) is 19.6. The lowest BCUT2D eigenvalue weighted by Crippen LogP contribution is -2.43. The minimum Gasteiger partial charge on any atom is -0.380 e. The Morgan fingerprint density at radius 1 is 1.27 bits per heavy atom. The Labute approximate surface area is 94.2 Å². The molecule has 1 fully saturated rings. The van der Waals surface area contributed by atoms with Crippen LogP contribution in [0.4, 0.5) is 0 Å². The molecule has 90 valence electrons. The number of hydrogen-bond acceptors (Lipinski definition) is 3. The SMILES string of the molecule is CCCNC1CCN(CCOCC)CC1. The predicted molar refractivity (Wildman–Crippen MR) is 64.2 cm³/mol. The van der Waals surface area contributed by atoms with Crippen molar-refractivity contribution in [2.45, 2.75) is 39.2 Å². The number of ether oxygens (including phenoxy) is 1. The smallest absolute Gasteiger partial charge is 0.0593 e. The summed E-state index contributed by atoms with van der Waals surface area (Å²) in [5.74, 6) is 0. The third-order valence-corrected chi connectivity index (χ3v) is 3.03. The maximum absolute atomic E-state index is 5.37. The molecule has 0 aromatic rings. The maximum Gasteiger partial charge on any atom is 0.0593 e. The zero-order valence-corrected chi connectivity index (χ0v) is 10.3. The van der Waals surface area contributed by atoms with E-state index in [0.717, 1.165) is 25.8 Å². The minimum atomic E-state index is 0.758. The molecule has 0 unspecified atom stereocenters. The van der Waals surface area contributed by atoms with Crippen LogP contribution in [-0.4, -0.2) is 50.3 Å². The summed E-state index contributed by atoms with van der Waals surface area (Å²) in [5.41, 5.74) is 0. The van der Waals surface area contributed by atoms with Gasteiger partial charge in [0.1, 0.15) is 0 Å². The van der Waals surface area contributed by atoms with Gasteiger partial charge < -0.3 is 15.0 Å². The van der Waals surface area contributed by atoms with Gasteiger partial charge in [-0.1, -0.05) is 6.92 Å². The van der Waals surface area contributed by atoms with Crippen LogP contribution in [0, 0.1) is 0 Å². The molecule has 0 aromatic heterocycles. The van der Waals surface area contributed by atoms with Gasteiger partial charge in [-0.15, -0.1) is 0 Å². The third kappa shape index (κ3) is 5.50. The molecule has 1 rings (SSSR count). The summed E-state index contributed by atoms with van der Waals surface area (Å²) in [5, 5.41) is 3.60. The first kappa shape index (κ1) is 12.9. The molecule has 3 nitrogen and oxygen atoms in total. The van der Waals surface area contributed by atoms with Crippen LogP contribution in [0.2, 0.25) is 0 Å². The lowest BCUT2D eigenvalue weighted by atomic mass is 10.1. The molecular weight excluding hydrogens is 188 g/mol. The molecule has 0 aromatic carbocycles. The van der Waals surface area contributed by atoms with E-state index in [1.807, 2.05) is 0 Å². The molecule has 0 aliphatic carbocycles. The lowest BCUT2D eigenvalue weighted by molar-refractivity contribution is 0.0997. The predicted octanol–water partition coefficient (Wildman–Crippen LogP) is 1.49. The highest BCUT2D eigenvalue weighted by molar-refractivity contribution is 4.76. The zero-order valence-electron chi connectivity index (χ0n) is 10.3. The van der Waals surface area contributed by atoms with Crippen molar-refractivity contribution in [3.63, 3.8) is 0 Å². The Bertz CT molecular complexity index is 145. The van der Waals surface area contributed by atoms with Crippen LogP contribution in [0.25, 0.3) is 0 Å². The van der Waals surface area contributed by atoms with E-state index in [4.69, 9.17) is 4.74 Å². The molecule has 0 radical (unpaired) electrons. The molecule has 0 saturated carbocycles. The summed E-state index contributed by atoms with van der Waals surface area (Å²) in [6.45, 7) is 10.8. The first-order valence-electron chi connectivity index (χ1n) is 6.40. The average molecular weight is 214 g/mol. The van der Waals surface area contributed by atoms with E-state index in [1.54, 1.807) is 0 Å². The molecule has 1 aliphatic heterocycles. The summed E-state index contributed by atoms with van der Waals surface area (Å²) in [6.07, 6.45) is 3.84. The van der Waals surface area contributed by atoms with E-state index in [2.05, 4.69) is 24.1 Å². The highest BCUT2D eigenvalue weighted by atomic mass is 16.5. The van der Waals surface area contributed by atoms with Gasteiger partial charge in [0.2, 0.25) is 0 Å². The molecule has 15 heavy (non-hydrogen) atoms. The van der Waals surface area contributed by atoms with Crippen molar-refractivity contribution in [2.75, 3.05) is 39.4 Å². The molecule has 0 atom stereocenters. The first-order chi connectivity index (χ1) is 7.36. The molecule has 3 heteroatoms.